The van der Waals surface area contributed by atoms with Crippen LogP contribution in [-0.2, 0) is 0 Å². The van der Waals surface area contributed by atoms with Gasteiger partial charge in [-0.15, -0.1) is 0 Å². The second-order valence-corrected chi connectivity index (χ2v) is 9.08. The molecule has 33 heavy (non-hydrogen) atoms. The molecule has 0 bridgehead atoms. The molecule has 1 atom stereocenters. The van der Waals surface area contributed by atoms with Gasteiger partial charge in [0.2, 0.25) is 0 Å². The first-order valence-corrected chi connectivity index (χ1v) is 10.8. The van der Waals surface area contributed by atoms with E-state index in [2.05, 4.69) is 19.9 Å². The molecule has 4 aromatic rings. The first-order valence-electron chi connectivity index (χ1n) is 10.8. The lowest BCUT2D eigenvalue weighted by atomic mass is 9.99. The number of halogens is 1. The third-order valence-corrected chi connectivity index (χ3v) is 6.18. The van der Waals surface area contributed by atoms with Gasteiger partial charge in [-0.3, -0.25) is 4.98 Å². The van der Waals surface area contributed by atoms with Gasteiger partial charge in [0.15, 0.2) is 5.65 Å². The molecule has 0 amide bonds. The quantitative estimate of drug-likeness (QED) is 0.492. The molecule has 0 saturated carbocycles. The van der Waals surface area contributed by atoms with Gasteiger partial charge >= 0.3 is 0 Å². The molecule has 0 radical (unpaired) electrons. The van der Waals surface area contributed by atoms with Crippen LogP contribution in [0.1, 0.15) is 30.2 Å². The average molecular weight is 442 g/mol. The van der Waals surface area contributed by atoms with E-state index in [1.807, 2.05) is 32.9 Å². The maximum Gasteiger partial charge on any atom is 0.178 e. The topological polar surface area (TPSA) is 108 Å². The van der Waals surface area contributed by atoms with Crippen LogP contribution < -0.4 is 10.6 Å². The van der Waals surface area contributed by atoms with Crippen molar-refractivity contribution in [3.05, 3.63) is 59.3 Å². The number of nitriles is 1. The Morgan fingerprint density at radius 2 is 1.97 bits per heavy atom. The van der Waals surface area contributed by atoms with Crippen molar-refractivity contribution >= 4 is 16.9 Å². The predicted molar refractivity (Wildman–Crippen MR) is 126 cm³/mol. The molecule has 1 aliphatic rings. The summed E-state index contributed by atoms with van der Waals surface area (Å²) < 4.78 is 14.0. The molecular formula is C25H24FN7. The zero-order valence-electron chi connectivity index (χ0n) is 18.8. The van der Waals surface area contributed by atoms with Crippen molar-refractivity contribution in [3.8, 4) is 28.6 Å². The van der Waals surface area contributed by atoms with E-state index in [4.69, 9.17) is 10.7 Å². The molecule has 3 N–H and O–H groups in total. The van der Waals surface area contributed by atoms with E-state index in [1.165, 1.54) is 6.07 Å². The van der Waals surface area contributed by atoms with Crippen LogP contribution in [0.15, 0.2) is 36.7 Å². The highest BCUT2D eigenvalue weighted by atomic mass is 19.1. The molecular weight excluding hydrogens is 417 g/mol. The number of benzene rings is 1. The van der Waals surface area contributed by atoms with E-state index in [0.29, 0.717) is 23.6 Å². The number of H-pyrrole nitrogens is 1. The van der Waals surface area contributed by atoms with Crippen LogP contribution in [0.5, 0.6) is 0 Å². The van der Waals surface area contributed by atoms with E-state index in [-0.39, 0.29) is 11.1 Å². The number of imidazole rings is 1. The normalized spacial score (nSPS) is 18.1. The van der Waals surface area contributed by atoms with Gasteiger partial charge in [-0.1, -0.05) is 6.07 Å². The van der Waals surface area contributed by atoms with Crippen LogP contribution in [0.3, 0.4) is 0 Å². The molecule has 0 unspecified atom stereocenters. The molecule has 1 fully saturated rings. The van der Waals surface area contributed by atoms with E-state index >= 15 is 0 Å². The smallest absolute Gasteiger partial charge is 0.178 e. The Morgan fingerprint density at radius 1 is 1.18 bits per heavy atom. The van der Waals surface area contributed by atoms with E-state index in [1.54, 1.807) is 24.5 Å². The number of rotatable bonds is 3. The molecule has 7 nitrogen and oxygen atoms in total. The minimum Gasteiger partial charge on any atom is -0.368 e. The summed E-state index contributed by atoms with van der Waals surface area (Å²) in [5.41, 5.74) is 12.8. The van der Waals surface area contributed by atoms with Crippen molar-refractivity contribution in [2.24, 2.45) is 5.73 Å². The number of aromatic amines is 1. The van der Waals surface area contributed by atoms with Crippen molar-refractivity contribution < 1.29 is 4.39 Å². The number of nitrogens with two attached hydrogens (primary N) is 1. The number of hydrogen-bond donors (Lipinski definition) is 2. The molecule has 0 spiro atoms. The summed E-state index contributed by atoms with van der Waals surface area (Å²) in [6.07, 6.45) is 4.36. The number of hydrogen-bond acceptors (Lipinski definition) is 6. The Morgan fingerprint density at radius 3 is 2.70 bits per heavy atom. The van der Waals surface area contributed by atoms with Crippen LogP contribution >= 0.6 is 0 Å². The lowest BCUT2D eigenvalue weighted by Gasteiger charge is -2.26. The fraction of sp³-hybridized carbons (Fsp3) is 0.280. The molecule has 4 heterocycles. The average Bonchev–Trinajstić information content (AvgIpc) is 3.36. The summed E-state index contributed by atoms with van der Waals surface area (Å²) in [5.74, 6) is 0.112. The molecule has 5 rings (SSSR count). The van der Waals surface area contributed by atoms with Crippen LogP contribution in [0.2, 0.25) is 0 Å². The number of anilines is 1. The lowest BCUT2D eigenvalue weighted by Crippen LogP contribution is -2.39. The van der Waals surface area contributed by atoms with Crippen LogP contribution in [-0.4, -0.2) is 38.6 Å². The van der Waals surface area contributed by atoms with E-state index < -0.39 is 5.82 Å². The van der Waals surface area contributed by atoms with E-state index in [9.17, 15) is 9.65 Å². The zero-order valence-corrected chi connectivity index (χ0v) is 18.8. The van der Waals surface area contributed by atoms with Crippen molar-refractivity contribution in [2.75, 3.05) is 18.0 Å². The maximum atomic E-state index is 14.0. The second-order valence-electron chi connectivity index (χ2n) is 9.08. The summed E-state index contributed by atoms with van der Waals surface area (Å²) in [6, 6.07) is 8.49. The third-order valence-electron chi connectivity index (χ3n) is 6.18. The van der Waals surface area contributed by atoms with Gasteiger partial charge in [0.05, 0.1) is 22.3 Å². The highest BCUT2D eigenvalue weighted by Gasteiger charge is 2.33. The first-order chi connectivity index (χ1) is 15.8. The van der Waals surface area contributed by atoms with Crippen LogP contribution in [0, 0.1) is 31.0 Å². The Kier molecular flexibility index (Phi) is 4.87. The monoisotopic (exact) mass is 441 g/mol. The number of aryl methyl sites for hydroxylation is 2. The summed E-state index contributed by atoms with van der Waals surface area (Å²) in [5, 5.41) is 9.35. The number of pyridine rings is 2. The largest absolute Gasteiger partial charge is 0.368 e. The fourth-order valence-electron chi connectivity index (χ4n) is 4.57. The standard InChI is InChI=1S/C25H24FN7/c1-14-8-15(2)30-24-21(14)31-23(32-24)19-12-29-11-18(16-4-5-20(26)17(9-16)10-27)22(19)33-7-6-25(3,28)13-33/h4-5,8-9,11-12H,6-7,13,28H2,1-3H3,(H,30,31,32)/t25-/m0/s1. The molecule has 0 aliphatic carbocycles. The minimum absolute atomic E-state index is 0.00650. The Hall–Kier alpha value is -3.83. The van der Waals surface area contributed by atoms with Gasteiger partial charge < -0.3 is 15.6 Å². The molecule has 8 heteroatoms. The summed E-state index contributed by atoms with van der Waals surface area (Å²) >= 11 is 0. The third kappa shape index (κ3) is 3.70. The van der Waals surface area contributed by atoms with Gasteiger partial charge in [-0.2, -0.15) is 5.26 Å². The Bertz CT molecular complexity index is 1430. The zero-order chi connectivity index (χ0) is 23.3. The highest BCUT2D eigenvalue weighted by molar-refractivity contribution is 5.91. The molecule has 3 aromatic heterocycles. The Labute approximate surface area is 191 Å². The van der Waals surface area contributed by atoms with Gasteiger partial charge in [-0.05, 0) is 56.5 Å². The minimum atomic E-state index is -0.545. The molecule has 1 aromatic carbocycles. The van der Waals surface area contributed by atoms with Gasteiger partial charge in [0.1, 0.15) is 17.7 Å². The lowest BCUT2D eigenvalue weighted by molar-refractivity contribution is 0.525. The van der Waals surface area contributed by atoms with Crippen molar-refractivity contribution in [1.82, 2.24) is 19.9 Å². The summed E-state index contributed by atoms with van der Waals surface area (Å²) in [6.45, 7) is 7.43. The fourth-order valence-corrected chi connectivity index (χ4v) is 4.57. The summed E-state index contributed by atoms with van der Waals surface area (Å²) in [7, 11) is 0. The SMILES string of the molecule is Cc1cc(C)c2[nH]c(-c3cncc(-c4ccc(F)c(C#N)c4)c3N3CC[C@](C)(N)C3)nc2n1. The predicted octanol–water partition coefficient (Wildman–Crippen LogP) is 4.24. The van der Waals surface area contributed by atoms with Gasteiger partial charge in [0, 0.05) is 42.3 Å². The second kappa shape index (κ2) is 7.64. The van der Waals surface area contributed by atoms with Crippen molar-refractivity contribution in [1.29, 1.82) is 5.26 Å². The first kappa shape index (κ1) is 21.0. The maximum absolute atomic E-state index is 14.0. The van der Waals surface area contributed by atoms with Crippen LogP contribution in [0.25, 0.3) is 33.7 Å². The van der Waals surface area contributed by atoms with Crippen LogP contribution in [0.4, 0.5) is 10.1 Å². The number of nitrogens with one attached hydrogen (secondary N) is 1. The van der Waals surface area contributed by atoms with Gasteiger partial charge in [-0.25, -0.2) is 14.4 Å². The Balaban J connectivity index is 1.75. The highest BCUT2D eigenvalue weighted by Crippen LogP contribution is 2.41. The number of aromatic nitrogens is 4. The number of nitrogens with zero attached hydrogens (tertiary/aromatic N) is 5. The van der Waals surface area contributed by atoms with Crippen molar-refractivity contribution in [3.63, 3.8) is 0 Å². The van der Waals surface area contributed by atoms with E-state index in [0.717, 1.165) is 46.6 Å². The molecule has 166 valence electrons. The van der Waals surface area contributed by atoms with Crippen molar-refractivity contribution in [2.45, 2.75) is 32.7 Å². The number of fused-ring (bicyclic) bond motifs is 1. The van der Waals surface area contributed by atoms with Gasteiger partial charge in [0.25, 0.3) is 0 Å². The molecule has 1 aliphatic heterocycles. The molecule has 1 saturated heterocycles. The summed E-state index contributed by atoms with van der Waals surface area (Å²) in [4.78, 5) is 19.5.